The van der Waals surface area contributed by atoms with Crippen LogP contribution in [0.3, 0.4) is 0 Å². The normalized spacial score (nSPS) is 11.9. The van der Waals surface area contributed by atoms with Crippen LogP contribution in [-0.4, -0.2) is 35.8 Å². The van der Waals surface area contributed by atoms with Crippen molar-refractivity contribution in [1.29, 1.82) is 0 Å². The minimum Gasteiger partial charge on any atom is -0.409 e. The fourth-order valence-electron chi connectivity index (χ4n) is 1.82. The van der Waals surface area contributed by atoms with Crippen molar-refractivity contribution < 1.29 is 5.21 Å². The highest BCUT2D eigenvalue weighted by molar-refractivity contribution is 5.93. The highest BCUT2D eigenvalue weighted by atomic mass is 16.4. The van der Waals surface area contributed by atoms with Gasteiger partial charge in [-0.3, -0.25) is 0 Å². The Hall–Kier alpha value is -3.03. The number of hydrogen-bond donors (Lipinski definition) is 2. The summed E-state index contributed by atoms with van der Waals surface area (Å²) in [5.74, 6) is 0.519. The van der Waals surface area contributed by atoms with Crippen molar-refractivity contribution in [3.63, 3.8) is 0 Å². The van der Waals surface area contributed by atoms with Crippen LogP contribution in [0.4, 0.5) is 0 Å². The SMILES string of the molecule is Cc1nc2ccccc2nc1-n1cnc(C(N)=NO)n1. The van der Waals surface area contributed by atoms with E-state index in [0.717, 1.165) is 11.0 Å². The molecule has 8 heteroatoms. The van der Waals surface area contributed by atoms with Crippen LogP contribution in [0.5, 0.6) is 0 Å². The fourth-order valence-corrected chi connectivity index (χ4v) is 1.82. The third kappa shape index (κ3) is 1.92. The molecule has 2 heterocycles. The molecular formula is C12H11N7O. The smallest absolute Gasteiger partial charge is 0.220 e. The minimum atomic E-state index is -0.157. The summed E-state index contributed by atoms with van der Waals surface area (Å²) in [4.78, 5) is 12.9. The van der Waals surface area contributed by atoms with Crippen molar-refractivity contribution in [2.24, 2.45) is 10.9 Å². The maximum absolute atomic E-state index is 8.61. The van der Waals surface area contributed by atoms with Crippen molar-refractivity contribution in [3.8, 4) is 5.82 Å². The Morgan fingerprint density at radius 1 is 1.25 bits per heavy atom. The van der Waals surface area contributed by atoms with E-state index in [9.17, 15) is 0 Å². The molecule has 100 valence electrons. The van der Waals surface area contributed by atoms with Gasteiger partial charge in [0, 0.05) is 0 Å². The molecule has 0 saturated heterocycles. The standard InChI is InChI=1S/C12H11N7O/c1-7-12(16-9-5-3-2-4-8(9)15-7)19-6-14-11(17-19)10(13)18-20/h2-6,20H,1H3,(H2,13,18). The Balaban J connectivity index is 2.14. The van der Waals surface area contributed by atoms with E-state index in [0.29, 0.717) is 11.5 Å². The summed E-state index contributed by atoms with van der Waals surface area (Å²) in [7, 11) is 0. The molecule has 3 N–H and O–H groups in total. The van der Waals surface area contributed by atoms with Crippen molar-refractivity contribution in [2.75, 3.05) is 0 Å². The second-order valence-electron chi connectivity index (χ2n) is 4.12. The molecule has 2 aromatic heterocycles. The number of amidine groups is 1. The molecule has 0 spiro atoms. The lowest BCUT2D eigenvalue weighted by atomic mass is 10.3. The topological polar surface area (TPSA) is 115 Å². The average molecular weight is 269 g/mol. The van der Waals surface area contributed by atoms with Crippen molar-refractivity contribution in [1.82, 2.24) is 24.7 Å². The van der Waals surface area contributed by atoms with E-state index < -0.39 is 0 Å². The lowest BCUT2D eigenvalue weighted by Gasteiger charge is -2.05. The zero-order chi connectivity index (χ0) is 14.1. The Kier molecular flexibility index (Phi) is 2.75. The highest BCUT2D eigenvalue weighted by Gasteiger charge is 2.11. The van der Waals surface area contributed by atoms with E-state index in [1.54, 1.807) is 0 Å². The number of para-hydroxylation sites is 2. The van der Waals surface area contributed by atoms with Crippen molar-refractivity contribution >= 4 is 16.9 Å². The molecule has 0 unspecified atom stereocenters. The molecule has 0 fully saturated rings. The summed E-state index contributed by atoms with van der Waals surface area (Å²) in [5.41, 5.74) is 7.72. The third-order valence-electron chi connectivity index (χ3n) is 2.77. The van der Waals surface area contributed by atoms with Crippen LogP contribution in [-0.2, 0) is 0 Å². The maximum atomic E-state index is 8.61. The molecule has 0 aliphatic rings. The molecule has 3 rings (SSSR count). The predicted octanol–water partition coefficient (Wildman–Crippen LogP) is 0.613. The first kappa shape index (κ1) is 12.0. The number of nitrogens with zero attached hydrogens (tertiary/aromatic N) is 6. The first-order valence-electron chi connectivity index (χ1n) is 5.82. The Morgan fingerprint density at radius 2 is 1.95 bits per heavy atom. The van der Waals surface area contributed by atoms with Gasteiger partial charge in [0.2, 0.25) is 11.7 Å². The van der Waals surface area contributed by atoms with E-state index in [-0.39, 0.29) is 11.7 Å². The molecule has 0 aliphatic carbocycles. The van der Waals surface area contributed by atoms with Gasteiger partial charge in [-0.25, -0.2) is 19.6 Å². The van der Waals surface area contributed by atoms with Crippen LogP contribution in [0.1, 0.15) is 11.5 Å². The molecule has 0 bridgehead atoms. The summed E-state index contributed by atoms with van der Waals surface area (Å²) < 4.78 is 1.45. The van der Waals surface area contributed by atoms with Crippen LogP contribution >= 0.6 is 0 Å². The number of nitrogens with two attached hydrogens (primary N) is 1. The van der Waals surface area contributed by atoms with E-state index in [2.05, 4.69) is 25.2 Å². The van der Waals surface area contributed by atoms with Crippen LogP contribution in [0.25, 0.3) is 16.9 Å². The van der Waals surface area contributed by atoms with E-state index in [1.807, 2.05) is 31.2 Å². The summed E-state index contributed by atoms with van der Waals surface area (Å²) in [6.45, 7) is 1.83. The second-order valence-corrected chi connectivity index (χ2v) is 4.12. The van der Waals surface area contributed by atoms with E-state index in [1.165, 1.54) is 11.0 Å². The first-order chi connectivity index (χ1) is 9.69. The zero-order valence-electron chi connectivity index (χ0n) is 10.6. The van der Waals surface area contributed by atoms with Gasteiger partial charge in [0.15, 0.2) is 5.82 Å². The molecule has 0 atom stereocenters. The monoisotopic (exact) mass is 269 g/mol. The number of aryl methyl sites for hydroxylation is 1. The van der Waals surface area contributed by atoms with Crippen LogP contribution in [0.15, 0.2) is 35.7 Å². The van der Waals surface area contributed by atoms with E-state index in [4.69, 9.17) is 10.9 Å². The lowest BCUT2D eigenvalue weighted by Crippen LogP contribution is -2.15. The number of aromatic nitrogens is 5. The van der Waals surface area contributed by atoms with Crippen LogP contribution < -0.4 is 5.73 Å². The molecule has 0 aliphatic heterocycles. The Labute approximate surface area is 113 Å². The second kappa shape index (κ2) is 4.57. The van der Waals surface area contributed by atoms with Gasteiger partial charge in [0.05, 0.1) is 16.7 Å². The van der Waals surface area contributed by atoms with Crippen LogP contribution in [0, 0.1) is 6.92 Å². The van der Waals surface area contributed by atoms with Crippen LogP contribution in [0.2, 0.25) is 0 Å². The number of benzene rings is 1. The molecule has 8 nitrogen and oxygen atoms in total. The predicted molar refractivity (Wildman–Crippen MR) is 71.7 cm³/mol. The zero-order valence-corrected chi connectivity index (χ0v) is 10.6. The number of fused-ring (bicyclic) bond motifs is 1. The molecule has 3 aromatic rings. The third-order valence-corrected chi connectivity index (χ3v) is 2.77. The quantitative estimate of drug-likeness (QED) is 0.305. The van der Waals surface area contributed by atoms with E-state index >= 15 is 0 Å². The van der Waals surface area contributed by atoms with Crippen molar-refractivity contribution in [2.45, 2.75) is 6.92 Å². The Bertz CT molecular complexity index is 808. The number of oxime groups is 1. The summed E-state index contributed by atoms with van der Waals surface area (Å²) in [6, 6.07) is 7.55. The van der Waals surface area contributed by atoms with Gasteiger partial charge in [0.1, 0.15) is 6.33 Å². The van der Waals surface area contributed by atoms with Gasteiger partial charge in [-0.1, -0.05) is 17.3 Å². The van der Waals surface area contributed by atoms with Gasteiger partial charge in [-0.05, 0) is 19.1 Å². The first-order valence-corrected chi connectivity index (χ1v) is 5.82. The summed E-state index contributed by atoms with van der Waals surface area (Å²) in [6.07, 6.45) is 1.44. The average Bonchev–Trinajstić information content (AvgIpc) is 2.95. The molecule has 1 aromatic carbocycles. The van der Waals surface area contributed by atoms with Gasteiger partial charge in [-0.2, -0.15) is 0 Å². The van der Waals surface area contributed by atoms with Gasteiger partial charge in [0.25, 0.3) is 0 Å². The minimum absolute atomic E-state index is 0.127. The number of rotatable bonds is 2. The Morgan fingerprint density at radius 3 is 2.65 bits per heavy atom. The summed E-state index contributed by atoms with van der Waals surface area (Å²) >= 11 is 0. The fraction of sp³-hybridized carbons (Fsp3) is 0.0833. The maximum Gasteiger partial charge on any atom is 0.220 e. The summed E-state index contributed by atoms with van der Waals surface area (Å²) in [5, 5.41) is 15.6. The molecule has 20 heavy (non-hydrogen) atoms. The molecule has 0 amide bonds. The van der Waals surface area contributed by atoms with Crippen molar-refractivity contribution in [3.05, 3.63) is 42.1 Å². The lowest BCUT2D eigenvalue weighted by molar-refractivity contribution is 0.318. The highest BCUT2D eigenvalue weighted by Crippen LogP contribution is 2.14. The largest absolute Gasteiger partial charge is 0.409 e. The van der Waals surface area contributed by atoms with Gasteiger partial charge >= 0.3 is 0 Å². The number of hydrogen-bond acceptors (Lipinski definition) is 6. The van der Waals surface area contributed by atoms with Gasteiger partial charge < -0.3 is 10.9 Å². The molecule has 0 saturated carbocycles. The molecule has 0 radical (unpaired) electrons. The van der Waals surface area contributed by atoms with Gasteiger partial charge in [-0.15, -0.1) is 5.10 Å². The molecular weight excluding hydrogens is 258 g/mol.